The molecule has 0 radical (unpaired) electrons. The third-order valence-corrected chi connectivity index (χ3v) is 6.77. The number of aromatic amines is 1. The van der Waals surface area contributed by atoms with Crippen molar-refractivity contribution in [2.45, 2.75) is 57.3 Å². The van der Waals surface area contributed by atoms with Crippen LogP contribution < -0.4 is 21.9 Å². The van der Waals surface area contributed by atoms with Gasteiger partial charge in [0.1, 0.15) is 11.6 Å². The number of aryl methyl sites for hydroxylation is 1. The second kappa shape index (κ2) is 10.7. The first-order chi connectivity index (χ1) is 16.5. The Kier molecular flexibility index (Phi) is 7.51. The number of carbonyl (C=O) groups is 1. The van der Waals surface area contributed by atoms with Gasteiger partial charge in [-0.1, -0.05) is 55.4 Å². The molecule has 34 heavy (non-hydrogen) atoms. The van der Waals surface area contributed by atoms with Crippen molar-refractivity contribution in [3.8, 4) is 0 Å². The second-order valence-corrected chi connectivity index (χ2v) is 9.20. The van der Waals surface area contributed by atoms with Gasteiger partial charge in [-0.25, -0.2) is 4.79 Å². The summed E-state index contributed by atoms with van der Waals surface area (Å²) in [6, 6.07) is 9.33. The van der Waals surface area contributed by atoms with Crippen LogP contribution in [0.1, 0.15) is 44.0 Å². The SMILES string of the molecule is CCCN(C(=O)CSc1nnc2n1CCCCC2)c1c(N)n(Cc2ccccc2)c(=O)[nH]c1=O. The number of thioether (sulfide) groups is 1. The van der Waals surface area contributed by atoms with Crippen molar-refractivity contribution in [2.24, 2.45) is 0 Å². The van der Waals surface area contributed by atoms with E-state index in [-0.39, 0.29) is 29.7 Å². The number of nitrogen functional groups attached to an aromatic ring is 1. The topological polar surface area (TPSA) is 132 Å². The molecule has 180 valence electrons. The number of anilines is 2. The van der Waals surface area contributed by atoms with E-state index in [9.17, 15) is 14.4 Å². The Labute approximate surface area is 201 Å². The van der Waals surface area contributed by atoms with Crippen molar-refractivity contribution in [1.29, 1.82) is 0 Å². The molecule has 0 unspecified atom stereocenters. The van der Waals surface area contributed by atoms with Crippen molar-refractivity contribution in [3.05, 3.63) is 62.6 Å². The minimum atomic E-state index is -0.671. The molecule has 0 bridgehead atoms. The quantitative estimate of drug-likeness (QED) is 0.469. The standard InChI is InChI=1S/C23H29N7O3S/c1-2-12-29(18(31)15-34-23-27-26-17-11-7-4-8-13-28(17)23)19-20(24)30(22(33)25-21(19)32)14-16-9-5-3-6-10-16/h3,5-6,9-10H,2,4,7-8,11-15,24H2,1H3,(H,25,32,33). The van der Waals surface area contributed by atoms with Crippen LogP contribution in [0.25, 0.3) is 0 Å². The summed E-state index contributed by atoms with van der Waals surface area (Å²) < 4.78 is 3.36. The summed E-state index contributed by atoms with van der Waals surface area (Å²) in [5, 5.41) is 9.25. The van der Waals surface area contributed by atoms with Crippen LogP contribution in [0.4, 0.5) is 11.5 Å². The minimum absolute atomic E-state index is 0.00283. The summed E-state index contributed by atoms with van der Waals surface area (Å²) in [6.07, 6.45) is 4.80. The van der Waals surface area contributed by atoms with Gasteiger partial charge in [-0.3, -0.25) is 19.1 Å². The summed E-state index contributed by atoms with van der Waals surface area (Å²) in [6.45, 7) is 3.24. The lowest BCUT2D eigenvalue weighted by molar-refractivity contribution is -0.116. The van der Waals surface area contributed by atoms with Crippen LogP contribution in [-0.2, 0) is 24.3 Å². The fraction of sp³-hybridized carbons (Fsp3) is 0.435. The summed E-state index contributed by atoms with van der Waals surface area (Å²) in [7, 11) is 0. The zero-order valence-corrected chi connectivity index (χ0v) is 20.0. The third-order valence-electron chi connectivity index (χ3n) is 5.82. The highest BCUT2D eigenvalue weighted by molar-refractivity contribution is 7.99. The Morgan fingerprint density at radius 1 is 1.18 bits per heavy atom. The van der Waals surface area contributed by atoms with E-state index >= 15 is 0 Å². The van der Waals surface area contributed by atoms with Crippen molar-refractivity contribution in [3.63, 3.8) is 0 Å². The fourth-order valence-electron chi connectivity index (χ4n) is 4.12. The van der Waals surface area contributed by atoms with Gasteiger partial charge in [-0.15, -0.1) is 10.2 Å². The van der Waals surface area contributed by atoms with Crippen LogP contribution in [0.15, 0.2) is 45.1 Å². The van der Waals surface area contributed by atoms with Gasteiger partial charge < -0.3 is 15.2 Å². The molecule has 0 fully saturated rings. The summed E-state index contributed by atoms with van der Waals surface area (Å²) >= 11 is 1.31. The van der Waals surface area contributed by atoms with Crippen molar-refractivity contribution < 1.29 is 4.79 Å². The number of hydrogen-bond acceptors (Lipinski definition) is 7. The van der Waals surface area contributed by atoms with E-state index in [0.29, 0.717) is 18.1 Å². The molecule has 4 rings (SSSR count). The smallest absolute Gasteiger partial charge is 0.330 e. The van der Waals surface area contributed by atoms with Crippen molar-refractivity contribution in [2.75, 3.05) is 22.9 Å². The van der Waals surface area contributed by atoms with Gasteiger partial charge in [0.15, 0.2) is 10.8 Å². The highest BCUT2D eigenvalue weighted by Crippen LogP contribution is 2.24. The Balaban J connectivity index is 1.60. The summed E-state index contributed by atoms with van der Waals surface area (Å²) in [5.74, 6) is 0.724. The van der Waals surface area contributed by atoms with E-state index in [1.54, 1.807) is 0 Å². The maximum Gasteiger partial charge on any atom is 0.330 e. The molecule has 1 amide bonds. The molecule has 1 aromatic carbocycles. The highest BCUT2D eigenvalue weighted by atomic mass is 32.2. The monoisotopic (exact) mass is 483 g/mol. The summed E-state index contributed by atoms with van der Waals surface area (Å²) in [4.78, 5) is 42.3. The number of H-pyrrole nitrogens is 1. The molecular formula is C23H29N7O3S. The third kappa shape index (κ3) is 5.09. The van der Waals surface area contributed by atoms with Crippen LogP contribution in [0, 0.1) is 0 Å². The van der Waals surface area contributed by atoms with Gasteiger partial charge in [0.25, 0.3) is 5.56 Å². The van der Waals surface area contributed by atoms with Gasteiger partial charge >= 0.3 is 5.69 Å². The predicted octanol–water partition coefficient (Wildman–Crippen LogP) is 2.02. The first-order valence-corrected chi connectivity index (χ1v) is 12.5. The molecule has 11 heteroatoms. The van der Waals surface area contributed by atoms with Crippen LogP contribution in [0.2, 0.25) is 0 Å². The molecule has 10 nitrogen and oxygen atoms in total. The fourth-order valence-corrected chi connectivity index (χ4v) is 4.97. The number of fused-ring (bicyclic) bond motifs is 1. The summed E-state index contributed by atoms with van der Waals surface area (Å²) in [5.41, 5.74) is 5.89. The number of hydrogen-bond donors (Lipinski definition) is 2. The predicted molar refractivity (Wildman–Crippen MR) is 132 cm³/mol. The van der Waals surface area contributed by atoms with E-state index in [0.717, 1.165) is 43.6 Å². The number of nitrogens with two attached hydrogens (primary N) is 1. The van der Waals surface area contributed by atoms with Gasteiger partial charge in [-0.05, 0) is 24.8 Å². The largest absolute Gasteiger partial charge is 0.383 e. The number of amides is 1. The number of rotatable bonds is 8. The minimum Gasteiger partial charge on any atom is -0.383 e. The number of nitrogens with one attached hydrogen (secondary N) is 1. The Morgan fingerprint density at radius 2 is 1.97 bits per heavy atom. The lowest BCUT2D eigenvalue weighted by atomic mass is 10.2. The zero-order chi connectivity index (χ0) is 24.1. The molecule has 2 aromatic heterocycles. The molecule has 0 atom stereocenters. The first kappa shape index (κ1) is 23.8. The number of benzene rings is 1. The van der Waals surface area contributed by atoms with E-state index in [4.69, 9.17) is 5.73 Å². The first-order valence-electron chi connectivity index (χ1n) is 11.5. The Morgan fingerprint density at radius 3 is 2.74 bits per heavy atom. The lowest BCUT2D eigenvalue weighted by Gasteiger charge is -2.24. The van der Waals surface area contributed by atoms with Gasteiger partial charge in [-0.2, -0.15) is 0 Å². The van der Waals surface area contributed by atoms with Gasteiger partial charge in [0, 0.05) is 19.5 Å². The Bertz CT molecular complexity index is 1270. The molecule has 3 heterocycles. The maximum absolute atomic E-state index is 13.3. The molecule has 3 aromatic rings. The average Bonchev–Trinajstić information content (AvgIpc) is 3.05. The van der Waals surface area contributed by atoms with E-state index < -0.39 is 11.2 Å². The molecule has 0 spiro atoms. The van der Waals surface area contributed by atoms with E-state index in [1.807, 2.05) is 37.3 Å². The van der Waals surface area contributed by atoms with E-state index in [2.05, 4.69) is 19.7 Å². The molecule has 0 saturated carbocycles. The average molecular weight is 484 g/mol. The number of nitrogens with zero attached hydrogens (tertiary/aromatic N) is 5. The van der Waals surface area contributed by atoms with Crippen LogP contribution in [-0.4, -0.2) is 42.5 Å². The van der Waals surface area contributed by atoms with Crippen LogP contribution in [0.5, 0.6) is 0 Å². The van der Waals surface area contributed by atoms with Crippen molar-refractivity contribution >= 4 is 29.2 Å². The molecule has 0 aliphatic carbocycles. The molecular weight excluding hydrogens is 454 g/mol. The Hall–Kier alpha value is -3.34. The number of carbonyl (C=O) groups excluding carboxylic acids is 1. The highest BCUT2D eigenvalue weighted by Gasteiger charge is 2.25. The van der Waals surface area contributed by atoms with Crippen molar-refractivity contribution in [1.82, 2.24) is 24.3 Å². The molecule has 3 N–H and O–H groups in total. The maximum atomic E-state index is 13.3. The second-order valence-electron chi connectivity index (χ2n) is 8.26. The van der Waals surface area contributed by atoms with Crippen LogP contribution >= 0.6 is 11.8 Å². The molecule has 1 aliphatic rings. The molecule has 1 aliphatic heterocycles. The normalized spacial score (nSPS) is 13.3. The molecule has 0 saturated heterocycles. The zero-order valence-electron chi connectivity index (χ0n) is 19.2. The van der Waals surface area contributed by atoms with Gasteiger partial charge in [0.2, 0.25) is 5.91 Å². The van der Waals surface area contributed by atoms with E-state index in [1.165, 1.54) is 21.2 Å². The van der Waals surface area contributed by atoms with Crippen LogP contribution in [0.3, 0.4) is 0 Å². The lowest BCUT2D eigenvalue weighted by Crippen LogP contribution is -2.42. The van der Waals surface area contributed by atoms with Gasteiger partial charge in [0.05, 0.1) is 12.3 Å². The number of aromatic nitrogens is 5.